The number of ether oxygens (including phenoxy) is 1. The van der Waals surface area contributed by atoms with Crippen LogP contribution < -0.4 is 11.1 Å². The van der Waals surface area contributed by atoms with Crippen molar-refractivity contribution in [3.05, 3.63) is 0 Å². The van der Waals surface area contributed by atoms with Crippen LogP contribution in [-0.4, -0.2) is 41.6 Å². The predicted molar refractivity (Wildman–Crippen MR) is 230 cm³/mol. The van der Waals surface area contributed by atoms with Crippen molar-refractivity contribution in [2.24, 2.45) is 5.73 Å². The Kier molecular flexibility index (Phi) is 41.2. The Hall–Kier alpha value is -1.63. The molecule has 0 rings (SSSR count). The quantitative estimate of drug-likeness (QED) is 0.0420. The maximum atomic E-state index is 12.7. The van der Waals surface area contributed by atoms with Crippen molar-refractivity contribution in [1.82, 2.24) is 5.32 Å². The van der Waals surface area contributed by atoms with E-state index in [1.807, 2.05) is 0 Å². The van der Waals surface area contributed by atoms with Crippen LogP contribution in [0, 0.1) is 0 Å². The van der Waals surface area contributed by atoms with E-state index in [2.05, 4.69) is 19.2 Å². The van der Waals surface area contributed by atoms with E-state index in [0.717, 1.165) is 57.8 Å². The number of carbonyl (C=O) groups is 3. The van der Waals surface area contributed by atoms with Crippen molar-refractivity contribution in [2.75, 3.05) is 6.54 Å². The van der Waals surface area contributed by atoms with Gasteiger partial charge in [0.25, 0.3) is 0 Å². The molecule has 0 fully saturated rings. The summed E-state index contributed by atoms with van der Waals surface area (Å²) < 4.78 is 6.00. The summed E-state index contributed by atoms with van der Waals surface area (Å²) in [6.07, 6.45) is 46.1. The normalized spacial score (nSPS) is 12.5. The Morgan fingerprint density at radius 3 is 1.15 bits per heavy atom. The number of amides is 1. The van der Waals surface area contributed by atoms with Gasteiger partial charge in [-0.25, -0.2) is 4.79 Å². The van der Waals surface area contributed by atoms with Gasteiger partial charge in [-0.3, -0.25) is 9.59 Å². The van der Waals surface area contributed by atoms with Crippen molar-refractivity contribution < 1.29 is 24.2 Å². The number of hydrogen-bond donors (Lipinski definition) is 3. The number of nitrogens with one attached hydrogen (secondary N) is 1. The summed E-state index contributed by atoms with van der Waals surface area (Å²) in [7, 11) is 0. The minimum atomic E-state index is -1.01. The largest absolute Gasteiger partial charge is 0.480 e. The highest BCUT2D eigenvalue weighted by Crippen LogP contribution is 2.19. The number of esters is 1. The molecule has 2 atom stereocenters. The third-order valence-corrected chi connectivity index (χ3v) is 11.2. The van der Waals surface area contributed by atoms with Crippen LogP contribution in [0.5, 0.6) is 0 Å². The lowest BCUT2D eigenvalue weighted by molar-refractivity contribution is -0.150. The summed E-state index contributed by atoms with van der Waals surface area (Å²) >= 11 is 0. The van der Waals surface area contributed by atoms with Gasteiger partial charge in [-0.15, -0.1) is 0 Å². The van der Waals surface area contributed by atoms with Gasteiger partial charge in [-0.05, 0) is 57.9 Å². The smallest absolute Gasteiger partial charge is 0.326 e. The zero-order chi connectivity index (χ0) is 39.6. The molecule has 4 N–H and O–H groups in total. The van der Waals surface area contributed by atoms with Crippen molar-refractivity contribution in [3.8, 4) is 0 Å². The molecule has 320 valence electrons. The summed E-state index contributed by atoms with van der Waals surface area (Å²) in [5.41, 5.74) is 5.48. The zero-order valence-electron chi connectivity index (χ0n) is 36.1. The van der Waals surface area contributed by atoms with Crippen LogP contribution >= 0.6 is 0 Å². The molecule has 0 saturated carbocycles. The fourth-order valence-corrected chi connectivity index (χ4v) is 7.57. The molecule has 0 aromatic heterocycles. The SMILES string of the molecule is CCCCCCCCCCCCCCCCCCCCCCCCCC(=O)OC(CCCCCCCC)CCCCCCC(=O)NC(CCCN)C(=O)O. The van der Waals surface area contributed by atoms with Gasteiger partial charge in [0.05, 0.1) is 0 Å². The van der Waals surface area contributed by atoms with Gasteiger partial charge in [-0.1, -0.05) is 200 Å². The molecular weight excluding hydrogens is 673 g/mol. The van der Waals surface area contributed by atoms with Crippen LogP contribution in [0.25, 0.3) is 0 Å². The van der Waals surface area contributed by atoms with Gasteiger partial charge < -0.3 is 20.9 Å². The van der Waals surface area contributed by atoms with Gasteiger partial charge in [0.15, 0.2) is 0 Å². The van der Waals surface area contributed by atoms with Crippen molar-refractivity contribution in [1.29, 1.82) is 0 Å². The lowest BCUT2D eigenvalue weighted by Crippen LogP contribution is -2.40. The topological polar surface area (TPSA) is 119 Å². The first-order chi connectivity index (χ1) is 26.4. The Labute approximate surface area is 335 Å². The molecule has 7 nitrogen and oxygen atoms in total. The van der Waals surface area contributed by atoms with Crippen LogP contribution in [0.3, 0.4) is 0 Å². The van der Waals surface area contributed by atoms with E-state index < -0.39 is 12.0 Å². The van der Waals surface area contributed by atoms with Crippen LogP contribution in [0.15, 0.2) is 0 Å². The third kappa shape index (κ3) is 38.6. The van der Waals surface area contributed by atoms with E-state index in [1.165, 1.54) is 167 Å². The standard InChI is InChI=1S/C47H92N2O5/c1-3-5-7-9-11-12-13-14-15-16-17-18-19-20-21-22-23-24-25-26-27-29-35-41-46(51)54-43(37-32-28-10-8-6-4-2)38-33-30-31-34-40-45(50)49-44(47(52)53)39-36-42-48/h43-44H,3-42,48H2,1-2H3,(H,49,50)(H,52,53). The molecule has 0 radical (unpaired) electrons. The Bertz CT molecular complexity index is 822. The number of hydrogen-bond acceptors (Lipinski definition) is 5. The van der Waals surface area contributed by atoms with Crippen LogP contribution in [0.4, 0.5) is 0 Å². The lowest BCUT2D eigenvalue weighted by atomic mass is 10.0. The molecule has 54 heavy (non-hydrogen) atoms. The molecule has 0 heterocycles. The lowest BCUT2D eigenvalue weighted by Gasteiger charge is -2.18. The van der Waals surface area contributed by atoms with Crippen LogP contribution in [-0.2, 0) is 19.1 Å². The van der Waals surface area contributed by atoms with Gasteiger partial charge in [-0.2, -0.15) is 0 Å². The summed E-state index contributed by atoms with van der Waals surface area (Å²) in [5.74, 6) is -1.25. The molecular formula is C47H92N2O5. The highest BCUT2D eigenvalue weighted by atomic mass is 16.5. The molecule has 1 amide bonds. The third-order valence-electron chi connectivity index (χ3n) is 11.2. The van der Waals surface area contributed by atoms with E-state index in [0.29, 0.717) is 32.2 Å². The van der Waals surface area contributed by atoms with E-state index in [1.54, 1.807) is 0 Å². The van der Waals surface area contributed by atoms with Crippen LogP contribution in [0.1, 0.15) is 264 Å². The van der Waals surface area contributed by atoms with Gasteiger partial charge in [0, 0.05) is 12.8 Å². The molecule has 0 aromatic carbocycles. The Morgan fingerprint density at radius 2 is 0.796 bits per heavy atom. The second-order valence-electron chi connectivity index (χ2n) is 16.5. The molecule has 7 heteroatoms. The summed E-state index contributed by atoms with van der Waals surface area (Å²) in [6.45, 7) is 4.94. The summed E-state index contributed by atoms with van der Waals surface area (Å²) in [6, 6.07) is -0.859. The molecule has 0 spiro atoms. The Balaban J connectivity index is 3.91. The number of carboxylic acids is 1. The monoisotopic (exact) mass is 765 g/mol. The van der Waals surface area contributed by atoms with E-state index in [4.69, 9.17) is 10.5 Å². The number of aliphatic carboxylic acids is 1. The second-order valence-corrected chi connectivity index (χ2v) is 16.5. The molecule has 0 aliphatic heterocycles. The first-order valence-electron chi connectivity index (χ1n) is 23.9. The minimum absolute atomic E-state index is 0.00428. The van der Waals surface area contributed by atoms with E-state index in [9.17, 15) is 19.5 Å². The van der Waals surface area contributed by atoms with Crippen LogP contribution in [0.2, 0.25) is 0 Å². The predicted octanol–water partition coefficient (Wildman–Crippen LogP) is 13.7. The fourth-order valence-electron chi connectivity index (χ4n) is 7.57. The van der Waals surface area contributed by atoms with E-state index in [-0.39, 0.29) is 18.0 Å². The number of rotatable bonds is 44. The van der Waals surface area contributed by atoms with Gasteiger partial charge in [0.1, 0.15) is 12.1 Å². The fraction of sp³-hybridized carbons (Fsp3) is 0.936. The molecule has 0 bridgehead atoms. The maximum Gasteiger partial charge on any atom is 0.326 e. The van der Waals surface area contributed by atoms with Gasteiger partial charge in [0.2, 0.25) is 5.91 Å². The number of carbonyl (C=O) groups excluding carboxylic acids is 2. The van der Waals surface area contributed by atoms with Gasteiger partial charge >= 0.3 is 11.9 Å². The van der Waals surface area contributed by atoms with E-state index >= 15 is 0 Å². The average Bonchev–Trinajstić information content (AvgIpc) is 3.16. The first kappa shape index (κ1) is 52.4. The zero-order valence-corrected chi connectivity index (χ0v) is 36.1. The molecule has 2 unspecified atom stereocenters. The summed E-state index contributed by atoms with van der Waals surface area (Å²) in [5, 5.41) is 11.9. The number of unbranched alkanes of at least 4 members (excludes halogenated alkanes) is 30. The second kappa shape index (κ2) is 42.5. The number of nitrogens with two attached hydrogens (primary N) is 1. The molecule has 0 aliphatic rings. The minimum Gasteiger partial charge on any atom is -0.480 e. The molecule has 0 aromatic rings. The number of carboxylic acid groups (broad SMARTS) is 1. The Morgan fingerprint density at radius 1 is 0.463 bits per heavy atom. The molecule has 0 saturated heterocycles. The van der Waals surface area contributed by atoms with Crippen molar-refractivity contribution in [3.63, 3.8) is 0 Å². The highest BCUT2D eigenvalue weighted by molar-refractivity contribution is 5.83. The maximum absolute atomic E-state index is 12.7. The first-order valence-corrected chi connectivity index (χ1v) is 23.9. The molecule has 0 aliphatic carbocycles. The summed E-state index contributed by atoms with van der Waals surface area (Å²) in [4.78, 5) is 36.3. The average molecular weight is 765 g/mol. The van der Waals surface area contributed by atoms with Crippen molar-refractivity contribution >= 4 is 17.8 Å². The highest BCUT2D eigenvalue weighted by Gasteiger charge is 2.19. The van der Waals surface area contributed by atoms with Crippen molar-refractivity contribution in [2.45, 2.75) is 276 Å².